The first-order valence-corrected chi connectivity index (χ1v) is 15.9. The number of carboxylic acid groups (broad SMARTS) is 2. The van der Waals surface area contributed by atoms with Crippen molar-refractivity contribution < 1.29 is 66.2 Å². The third-order valence-electron chi connectivity index (χ3n) is 6.51. The number of azo groups is 2. The van der Waals surface area contributed by atoms with Crippen LogP contribution in [0.2, 0.25) is 0 Å². The number of carboxylic acids is 2. The molecular formula is C28H22N4O14S2. The van der Waals surface area contributed by atoms with E-state index in [1.165, 1.54) is 24.3 Å². The number of phenolic OH excluding ortho intramolecular Hbond substituents is 2. The van der Waals surface area contributed by atoms with E-state index in [0.29, 0.717) is 0 Å². The zero-order chi connectivity index (χ0) is 35.6. The smallest absolute Gasteiger partial charge is 0.339 e. The monoisotopic (exact) mass is 702 g/mol. The Kier molecular flexibility index (Phi) is 9.75. The lowest BCUT2D eigenvalue weighted by atomic mass is 10.0. The highest BCUT2D eigenvalue weighted by molar-refractivity contribution is 7.86. The molecule has 0 aliphatic rings. The maximum Gasteiger partial charge on any atom is 0.339 e. The van der Waals surface area contributed by atoms with Gasteiger partial charge in [-0.2, -0.15) is 27.1 Å². The Balaban J connectivity index is 1.63. The van der Waals surface area contributed by atoms with Crippen molar-refractivity contribution in [2.45, 2.75) is 22.6 Å². The minimum absolute atomic E-state index is 0.0146. The van der Waals surface area contributed by atoms with Crippen LogP contribution in [-0.2, 0) is 33.1 Å². The molecule has 18 nitrogen and oxygen atoms in total. The molecule has 0 spiro atoms. The van der Waals surface area contributed by atoms with E-state index in [9.17, 15) is 56.0 Å². The summed E-state index contributed by atoms with van der Waals surface area (Å²) >= 11 is 0. The van der Waals surface area contributed by atoms with Gasteiger partial charge in [0, 0.05) is 12.1 Å². The SMILES string of the molecule is O=C(O)c1cc(N=Nc2ccc(CCc3ccc(N=Nc4cc(C(=O)O)c(O)cc4O)cc3S(=O)(=O)O)c(S(=O)(=O)O)c2)c(O)cc1O. The molecular weight excluding hydrogens is 680 g/mol. The molecule has 0 fully saturated rings. The molecule has 4 aromatic carbocycles. The van der Waals surface area contributed by atoms with Crippen LogP contribution >= 0.6 is 0 Å². The molecule has 4 rings (SSSR count). The van der Waals surface area contributed by atoms with E-state index in [1.807, 2.05) is 0 Å². The number of aromatic carboxylic acids is 2. The number of rotatable bonds is 11. The van der Waals surface area contributed by atoms with E-state index in [4.69, 9.17) is 10.2 Å². The van der Waals surface area contributed by atoms with Crippen molar-refractivity contribution in [1.29, 1.82) is 0 Å². The van der Waals surface area contributed by atoms with Gasteiger partial charge in [0.15, 0.2) is 0 Å². The summed E-state index contributed by atoms with van der Waals surface area (Å²) in [6, 6.07) is 9.85. The number of nitrogens with zero attached hydrogens (tertiary/aromatic N) is 4. The average molecular weight is 703 g/mol. The van der Waals surface area contributed by atoms with Crippen molar-refractivity contribution >= 4 is 54.9 Å². The Labute approximate surface area is 269 Å². The number of hydrogen-bond donors (Lipinski definition) is 8. The fraction of sp³-hybridized carbons (Fsp3) is 0.0714. The summed E-state index contributed by atoms with van der Waals surface area (Å²) in [6.07, 6.45) is -0.425. The zero-order valence-electron chi connectivity index (χ0n) is 23.8. The van der Waals surface area contributed by atoms with Crippen molar-refractivity contribution in [1.82, 2.24) is 0 Å². The predicted octanol–water partition coefficient (Wildman–Crippen LogP) is 5.01. The lowest BCUT2D eigenvalue weighted by molar-refractivity contribution is 0.0682. The highest BCUT2D eigenvalue weighted by atomic mass is 32.2. The van der Waals surface area contributed by atoms with Gasteiger partial charge in [0.1, 0.15) is 45.5 Å². The van der Waals surface area contributed by atoms with Crippen LogP contribution in [0.25, 0.3) is 0 Å². The van der Waals surface area contributed by atoms with Gasteiger partial charge < -0.3 is 30.6 Å². The van der Waals surface area contributed by atoms with Gasteiger partial charge >= 0.3 is 11.9 Å². The number of phenols is 4. The summed E-state index contributed by atoms with van der Waals surface area (Å²) < 4.78 is 68.5. The molecule has 0 heterocycles. The van der Waals surface area contributed by atoms with Crippen LogP contribution < -0.4 is 0 Å². The van der Waals surface area contributed by atoms with Gasteiger partial charge in [0.25, 0.3) is 20.2 Å². The second kappa shape index (κ2) is 13.4. The van der Waals surface area contributed by atoms with Gasteiger partial charge in [-0.05, 0) is 60.4 Å². The van der Waals surface area contributed by atoms with E-state index in [1.54, 1.807) is 0 Å². The first kappa shape index (κ1) is 34.9. The summed E-state index contributed by atoms with van der Waals surface area (Å²) in [5.41, 5.74) is -2.32. The molecule has 0 saturated carbocycles. The fourth-order valence-corrected chi connectivity index (χ4v) is 5.77. The van der Waals surface area contributed by atoms with Crippen LogP contribution in [0.5, 0.6) is 23.0 Å². The third-order valence-corrected chi connectivity index (χ3v) is 8.39. The maximum absolute atomic E-state index is 12.2. The summed E-state index contributed by atoms with van der Waals surface area (Å²) in [4.78, 5) is 21.2. The van der Waals surface area contributed by atoms with Crippen LogP contribution in [0, 0.1) is 0 Å². The van der Waals surface area contributed by atoms with Crippen LogP contribution in [0.3, 0.4) is 0 Å². The molecule has 0 aliphatic heterocycles. The van der Waals surface area contributed by atoms with E-state index in [-0.39, 0.29) is 46.7 Å². The molecule has 0 radical (unpaired) electrons. The number of benzene rings is 4. The molecule has 0 bridgehead atoms. The Morgan fingerprint density at radius 3 is 1.19 bits per heavy atom. The van der Waals surface area contributed by atoms with Gasteiger partial charge in [0.05, 0.1) is 21.2 Å². The Morgan fingerprint density at radius 2 is 0.875 bits per heavy atom. The second-order valence-electron chi connectivity index (χ2n) is 9.76. The third kappa shape index (κ3) is 8.06. The summed E-state index contributed by atoms with van der Waals surface area (Å²) in [5.74, 6) is -5.80. The zero-order valence-corrected chi connectivity index (χ0v) is 25.5. The largest absolute Gasteiger partial charge is 0.507 e. The molecule has 0 saturated heterocycles. The highest BCUT2D eigenvalue weighted by Crippen LogP contribution is 2.37. The molecule has 250 valence electrons. The van der Waals surface area contributed by atoms with E-state index >= 15 is 0 Å². The highest BCUT2D eigenvalue weighted by Gasteiger charge is 2.21. The van der Waals surface area contributed by atoms with Gasteiger partial charge in [-0.15, -0.1) is 10.2 Å². The molecule has 0 atom stereocenters. The molecule has 0 aromatic heterocycles. The van der Waals surface area contributed by atoms with Gasteiger partial charge in [0.2, 0.25) is 0 Å². The van der Waals surface area contributed by atoms with Crippen molar-refractivity contribution in [3.63, 3.8) is 0 Å². The van der Waals surface area contributed by atoms with Crippen LogP contribution in [-0.4, -0.2) is 68.5 Å². The van der Waals surface area contributed by atoms with Crippen LogP contribution in [0.4, 0.5) is 22.7 Å². The molecule has 0 unspecified atom stereocenters. The summed E-state index contributed by atoms with van der Waals surface area (Å²) in [7, 11) is -9.80. The fourth-order valence-electron chi connectivity index (χ4n) is 4.23. The molecule has 0 aliphatic carbocycles. The molecule has 4 aromatic rings. The average Bonchev–Trinajstić information content (AvgIpc) is 2.98. The molecule has 20 heteroatoms. The number of aromatic hydroxyl groups is 4. The van der Waals surface area contributed by atoms with E-state index in [2.05, 4.69) is 20.5 Å². The van der Waals surface area contributed by atoms with Gasteiger partial charge in [-0.3, -0.25) is 9.11 Å². The lowest BCUT2D eigenvalue weighted by Crippen LogP contribution is -2.07. The molecule has 8 N–H and O–H groups in total. The summed E-state index contributed by atoms with van der Waals surface area (Å²) in [6.45, 7) is 0. The lowest BCUT2D eigenvalue weighted by Gasteiger charge is -2.11. The quantitative estimate of drug-likeness (QED) is 0.0752. The Hall–Kier alpha value is -5.96. The number of carbonyl (C=O) groups is 2. The number of hydrogen-bond acceptors (Lipinski definition) is 14. The molecule has 48 heavy (non-hydrogen) atoms. The second-order valence-corrected chi connectivity index (χ2v) is 12.5. The van der Waals surface area contributed by atoms with Crippen molar-refractivity contribution in [3.8, 4) is 23.0 Å². The Bertz CT molecular complexity index is 2090. The van der Waals surface area contributed by atoms with Gasteiger partial charge in [-0.1, -0.05) is 12.1 Å². The van der Waals surface area contributed by atoms with Crippen molar-refractivity contribution in [2.24, 2.45) is 20.5 Å². The van der Waals surface area contributed by atoms with Gasteiger partial charge in [-0.25, -0.2) is 9.59 Å². The van der Waals surface area contributed by atoms with E-state index in [0.717, 1.165) is 36.4 Å². The minimum Gasteiger partial charge on any atom is -0.507 e. The number of aryl methyl sites for hydroxylation is 2. The maximum atomic E-state index is 12.2. The topological polar surface area (TPSA) is 314 Å². The minimum atomic E-state index is -4.90. The van der Waals surface area contributed by atoms with E-state index < -0.39 is 76.1 Å². The predicted molar refractivity (Wildman–Crippen MR) is 162 cm³/mol. The van der Waals surface area contributed by atoms with Crippen LogP contribution in [0.1, 0.15) is 31.8 Å². The standard InChI is InChI=1S/C28H22N4O14S2/c33-21-11-23(35)19(9-17(21)27(37)38)31-29-15-5-3-13(25(7-15)47(41,42)43)1-2-14-4-6-16(8-26(14)48(44,45)46)30-32-20-10-18(28(39)40)22(34)12-24(20)36/h3-12,33-36H,1-2H2,(H,37,38)(H,39,40)(H,41,42,43)(H,44,45,46). The van der Waals surface area contributed by atoms with Crippen LogP contribution in [0.15, 0.2) is 90.9 Å². The van der Waals surface area contributed by atoms with Crippen molar-refractivity contribution in [3.05, 3.63) is 82.9 Å². The first-order chi connectivity index (χ1) is 22.3. The summed E-state index contributed by atoms with van der Waals surface area (Å²) in [5, 5.41) is 72.3. The normalized spacial score (nSPS) is 12.1. The molecule has 0 amide bonds. The Morgan fingerprint density at radius 1 is 0.521 bits per heavy atom. The van der Waals surface area contributed by atoms with Crippen molar-refractivity contribution in [2.75, 3.05) is 0 Å². The first-order valence-electron chi connectivity index (χ1n) is 13.0.